The van der Waals surface area contributed by atoms with E-state index in [9.17, 15) is 14.7 Å². The maximum atomic E-state index is 12.8. The van der Waals surface area contributed by atoms with Gasteiger partial charge in [-0.3, -0.25) is 9.59 Å². The molecule has 0 saturated carbocycles. The molecule has 1 fully saturated rings. The summed E-state index contributed by atoms with van der Waals surface area (Å²) in [5, 5.41) is 19.6. The summed E-state index contributed by atoms with van der Waals surface area (Å²) in [6.45, 7) is 0. The van der Waals surface area contributed by atoms with E-state index in [2.05, 4.69) is 10.2 Å². The number of nitrogens with two attached hydrogens (primary N) is 1. The lowest BCUT2D eigenvalue weighted by molar-refractivity contribution is -0.121. The molecule has 7 nitrogen and oxygen atoms in total. The maximum absolute atomic E-state index is 12.8. The van der Waals surface area contributed by atoms with Crippen molar-refractivity contribution in [2.24, 2.45) is 15.9 Å². The van der Waals surface area contributed by atoms with Crippen LogP contribution in [0.25, 0.3) is 10.8 Å². The second-order valence-electron chi connectivity index (χ2n) is 6.88. The maximum Gasteiger partial charge on any atom is 0.247 e. The van der Waals surface area contributed by atoms with E-state index in [0.717, 1.165) is 27.4 Å². The standard InChI is InChI=1S/C22H16Cl2N4O3S/c23-13-6-7-16(24)17(9-13)28-20(30)10-19(21(28)31)32-22(25)27-26-11-15-14-4-2-1-3-12(14)5-8-18(15)29/h1-9,11,19,29H,10H2,(H2,25,27)/b26-11-/t19-/m0/s1. The summed E-state index contributed by atoms with van der Waals surface area (Å²) in [5.41, 5.74) is 6.65. The van der Waals surface area contributed by atoms with E-state index < -0.39 is 17.1 Å². The van der Waals surface area contributed by atoms with Gasteiger partial charge in [0.25, 0.3) is 0 Å². The quantitative estimate of drug-likeness (QED) is 0.243. The van der Waals surface area contributed by atoms with Crippen molar-refractivity contribution >= 4 is 74.6 Å². The molecule has 32 heavy (non-hydrogen) atoms. The monoisotopic (exact) mass is 486 g/mol. The highest BCUT2D eigenvalue weighted by molar-refractivity contribution is 8.14. The number of phenols is 1. The molecule has 2 amide bonds. The van der Waals surface area contributed by atoms with E-state index in [1.165, 1.54) is 18.3 Å². The van der Waals surface area contributed by atoms with Crippen LogP contribution in [-0.2, 0) is 9.59 Å². The SMILES string of the molecule is NC(=N/N=C\c1c(O)ccc2ccccc12)S[C@H]1CC(=O)N(c2cc(Cl)ccc2Cl)C1=O. The zero-order valence-corrected chi connectivity index (χ0v) is 18.7. The summed E-state index contributed by atoms with van der Waals surface area (Å²) < 4.78 is 0. The zero-order valence-electron chi connectivity index (χ0n) is 16.4. The molecule has 0 unspecified atom stereocenters. The van der Waals surface area contributed by atoms with Crippen molar-refractivity contribution in [1.82, 2.24) is 0 Å². The molecule has 3 aromatic carbocycles. The van der Waals surface area contributed by atoms with Crippen molar-refractivity contribution in [1.29, 1.82) is 0 Å². The molecular formula is C22H16Cl2N4O3S. The molecule has 10 heteroatoms. The first-order valence-electron chi connectivity index (χ1n) is 9.41. The minimum Gasteiger partial charge on any atom is -0.507 e. The number of thioether (sulfide) groups is 1. The minimum atomic E-state index is -0.762. The van der Waals surface area contributed by atoms with Crippen LogP contribution in [0.1, 0.15) is 12.0 Å². The third-order valence-corrected chi connectivity index (χ3v) is 6.34. The number of rotatable bonds is 4. The van der Waals surface area contributed by atoms with Crippen molar-refractivity contribution in [2.75, 3.05) is 4.90 Å². The van der Waals surface area contributed by atoms with Gasteiger partial charge in [-0.2, -0.15) is 5.10 Å². The fourth-order valence-corrected chi connectivity index (χ4v) is 4.53. The Morgan fingerprint density at radius 1 is 1.16 bits per heavy atom. The van der Waals surface area contributed by atoms with Crippen molar-refractivity contribution in [2.45, 2.75) is 11.7 Å². The highest BCUT2D eigenvalue weighted by Crippen LogP contribution is 2.35. The molecule has 162 valence electrons. The smallest absolute Gasteiger partial charge is 0.247 e. The molecule has 1 atom stereocenters. The summed E-state index contributed by atoms with van der Waals surface area (Å²) in [5.74, 6) is -0.814. The average molecular weight is 487 g/mol. The molecule has 4 rings (SSSR count). The Bertz CT molecular complexity index is 1300. The predicted molar refractivity (Wildman–Crippen MR) is 130 cm³/mol. The van der Waals surface area contributed by atoms with Crippen LogP contribution in [0.3, 0.4) is 0 Å². The largest absolute Gasteiger partial charge is 0.507 e. The van der Waals surface area contributed by atoms with E-state index in [1.807, 2.05) is 24.3 Å². The summed E-state index contributed by atoms with van der Waals surface area (Å²) in [4.78, 5) is 26.3. The molecule has 0 radical (unpaired) electrons. The molecule has 0 aliphatic carbocycles. The van der Waals surface area contributed by atoms with Crippen molar-refractivity contribution in [3.8, 4) is 5.75 Å². The molecule has 0 bridgehead atoms. The lowest BCUT2D eigenvalue weighted by Crippen LogP contribution is -2.32. The summed E-state index contributed by atoms with van der Waals surface area (Å²) in [7, 11) is 0. The fourth-order valence-electron chi connectivity index (χ4n) is 3.34. The number of hydrogen-bond donors (Lipinski definition) is 2. The van der Waals surface area contributed by atoms with E-state index in [0.29, 0.717) is 10.6 Å². The molecule has 1 saturated heterocycles. The highest BCUT2D eigenvalue weighted by atomic mass is 35.5. The number of anilines is 1. The number of halogens is 2. The molecule has 0 spiro atoms. The fraction of sp³-hybridized carbons (Fsp3) is 0.0909. The third kappa shape index (κ3) is 4.43. The first kappa shape index (κ1) is 22.1. The Hall–Kier alpha value is -3.07. The number of carbonyl (C=O) groups excluding carboxylic acids is 2. The van der Waals surface area contributed by atoms with Gasteiger partial charge in [0.15, 0.2) is 5.17 Å². The summed E-state index contributed by atoms with van der Waals surface area (Å²) in [6.07, 6.45) is 1.33. The van der Waals surface area contributed by atoms with Gasteiger partial charge in [0.1, 0.15) is 11.0 Å². The number of fused-ring (bicyclic) bond motifs is 1. The summed E-state index contributed by atoms with van der Waals surface area (Å²) >= 11 is 13.1. The van der Waals surface area contributed by atoms with Crippen LogP contribution in [0.2, 0.25) is 10.0 Å². The van der Waals surface area contributed by atoms with Crippen molar-refractivity contribution in [3.63, 3.8) is 0 Å². The zero-order chi connectivity index (χ0) is 22.8. The highest BCUT2D eigenvalue weighted by Gasteiger charge is 2.41. The van der Waals surface area contributed by atoms with Gasteiger partial charge in [-0.1, -0.05) is 65.3 Å². The van der Waals surface area contributed by atoms with Gasteiger partial charge in [0.05, 0.1) is 16.9 Å². The molecule has 3 N–H and O–H groups in total. The lowest BCUT2D eigenvalue weighted by Gasteiger charge is -2.16. The van der Waals surface area contributed by atoms with Gasteiger partial charge in [-0.15, -0.1) is 5.10 Å². The molecule has 1 aliphatic heterocycles. The van der Waals surface area contributed by atoms with Crippen LogP contribution >= 0.6 is 35.0 Å². The van der Waals surface area contributed by atoms with Gasteiger partial charge in [-0.25, -0.2) is 4.90 Å². The van der Waals surface area contributed by atoms with E-state index in [-0.39, 0.29) is 28.0 Å². The van der Waals surface area contributed by atoms with Crippen LogP contribution in [0.15, 0.2) is 64.8 Å². The van der Waals surface area contributed by atoms with Gasteiger partial charge in [-0.05, 0) is 35.0 Å². The first-order chi connectivity index (χ1) is 15.3. The molecule has 0 aromatic heterocycles. The van der Waals surface area contributed by atoms with Crippen molar-refractivity contribution in [3.05, 3.63) is 70.2 Å². The van der Waals surface area contributed by atoms with Crippen LogP contribution in [-0.4, -0.2) is 33.6 Å². The number of nitrogens with zero attached hydrogens (tertiary/aromatic N) is 3. The Balaban J connectivity index is 1.51. The molecule has 1 heterocycles. The normalized spacial score (nSPS) is 17.1. The van der Waals surface area contributed by atoms with Gasteiger partial charge >= 0.3 is 0 Å². The van der Waals surface area contributed by atoms with Crippen molar-refractivity contribution < 1.29 is 14.7 Å². The van der Waals surface area contributed by atoms with Gasteiger partial charge in [0.2, 0.25) is 11.8 Å². The number of aromatic hydroxyl groups is 1. The lowest BCUT2D eigenvalue weighted by atomic mass is 10.0. The van der Waals surface area contributed by atoms with Gasteiger partial charge in [0, 0.05) is 17.0 Å². The molecular weight excluding hydrogens is 471 g/mol. The second kappa shape index (κ2) is 9.20. The van der Waals surface area contributed by atoms with Crippen LogP contribution in [0, 0.1) is 0 Å². The molecule has 3 aromatic rings. The van der Waals surface area contributed by atoms with Gasteiger partial charge < -0.3 is 10.8 Å². The van der Waals surface area contributed by atoms with E-state index in [4.69, 9.17) is 28.9 Å². The number of carbonyl (C=O) groups is 2. The number of phenolic OH excluding ortho intramolecular Hbond substituents is 1. The third-order valence-electron chi connectivity index (χ3n) is 4.81. The first-order valence-corrected chi connectivity index (χ1v) is 11.0. The van der Waals surface area contributed by atoms with Crippen LogP contribution in [0.4, 0.5) is 5.69 Å². The van der Waals surface area contributed by atoms with Crippen LogP contribution in [0.5, 0.6) is 5.75 Å². The number of amidine groups is 1. The van der Waals surface area contributed by atoms with Crippen LogP contribution < -0.4 is 10.6 Å². The van der Waals surface area contributed by atoms with E-state index in [1.54, 1.807) is 18.2 Å². The molecule has 1 aliphatic rings. The van der Waals surface area contributed by atoms with E-state index >= 15 is 0 Å². The number of imide groups is 1. The Kier molecular flexibility index (Phi) is 6.36. The predicted octanol–water partition coefficient (Wildman–Crippen LogP) is 4.57. The Morgan fingerprint density at radius 3 is 2.75 bits per heavy atom. The number of amides is 2. The Labute approximate surface area is 197 Å². The number of hydrogen-bond acceptors (Lipinski definition) is 6. The topological polar surface area (TPSA) is 108 Å². The average Bonchev–Trinajstić information content (AvgIpc) is 3.04. The second-order valence-corrected chi connectivity index (χ2v) is 8.94. The summed E-state index contributed by atoms with van der Waals surface area (Å²) in [6, 6.07) is 15.5. The Morgan fingerprint density at radius 2 is 1.94 bits per heavy atom. The minimum absolute atomic E-state index is 0.00571. The number of benzene rings is 3.